The molecule has 10 heteroatoms. The molecule has 1 atom stereocenters. The lowest BCUT2D eigenvalue weighted by atomic mass is 10.3. The molecule has 1 aliphatic carbocycles. The van der Waals surface area contributed by atoms with Crippen LogP contribution in [0.3, 0.4) is 0 Å². The van der Waals surface area contributed by atoms with Gasteiger partial charge in [-0.1, -0.05) is 30.0 Å². The second-order valence-corrected chi connectivity index (χ2v) is 9.16. The van der Waals surface area contributed by atoms with Crippen LogP contribution in [-0.2, 0) is 16.6 Å². The Kier molecular flexibility index (Phi) is 5.85. The molecular formula is C17H24N6O2S2. The molecule has 0 spiro atoms. The van der Waals surface area contributed by atoms with E-state index in [9.17, 15) is 9.59 Å². The van der Waals surface area contributed by atoms with Crippen LogP contribution in [0.25, 0.3) is 0 Å². The maximum atomic E-state index is 12.6. The van der Waals surface area contributed by atoms with Crippen molar-refractivity contribution in [2.45, 2.75) is 62.6 Å². The summed E-state index contributed by atoms with van der Waals surface area (Å²) in [4.78, 5) is 26.5. The molecule has 0 saturated heterocycles. The predicted octanol–water partition coefficient (Wildman–Crippen LogP) is 2.91. The third-order valence-electron chi connectivity index (χ3n) is 4.49. The van der Waals surface area contributed by atoms with Crippen molar-refractivity contribution in [3.8, 4) is 0 Å². The summed E-state index contributed by atoms with van der Waals surface area (Å²) in [6.45, 7) is 7.47. The number of rotatable bonds is 7. The van der Waals surface area contributed by atoms with E-state index in [1.165, 1.54) is 23.1 Å². The van der Waals surface area contributed by atoms with Gasteiger partial charge < -0.3 is 5.32 Å². The SMILES string of the molecule is CCC(=O)N(c1nnc(SC(C)C(=O)Nc2c(C)nn(C)c2C)s1)C1CC1. The number of amides is 2. The van der Waals surface area contributed by atoms with Crippen LogP contribution in [-0.4, -0.2) is 43.1 Å². The van der Waals surface area contributed by atoms with Crippen molar-refractivity contribution >= 4 is 45.7 Å². The molecule has 27 heavy (non-hydrogen) atoms. The van der Waals surface area contributed by atoms with Gasteiger partial charge in [0.25, 0.3) is 0 Å². The Morgan fingerprint density at radius 3 is 2.63 bits per heavy atom. The van der Waals surface area contributed by atoms with Crippen LogP contribution in [0.5, 0.6) is 0 Å². The summed E-state index contributed by atoms with van der Waals surface area (Å²) >= 11 is 2.71. The van der Waals surface area contributed by atoms with E-state index < -0.39 is 0 Å². The molecule has 146 valence electrons. The largest absolute Gasteiger partial charge is 0.322 e. The lowest BCUT2D eigenvalue weighted by Crippen LogP contribution is -2.32. The number of hydrogen-bond donors (Lipinski definition) is 1. The number of nitrogens with zero attached hydrogens (tertiary/aromatic N) is 5. The van der Waals surface area contributed by atoms with Gasteiger partial charge in [-0.3, -0.25) is 19.2 Å². The van der Waals surface area contributed by atoms with Gasteiger partial charge in [0.2, 0.25) is 16.9 Å². The van der Waals surface area contributed by atoms with Gasteiger partial charge in [0, 0.05) is 19.5 Å². The zero-order valence-electron chi connectivity index (χ0n) is 16.1. The summed E-state index contributed by atoms with van der Waals surface area (Å²) in [5.41, 5.74) is 2.45. The molecular weight excluding hydrogens is 384 g/mol. The molecule has 0 aromatic carbocycles. The fourth-order valence-corrected chi connectivity index (χ4v) is 4.78. The normalized spacial score (nSPS) is 14.9. The van der Waals surface area contributed by atoms with E-state index >= 15 is 0 Å². The highest BCUT2D eigenvalue weighted by molar-refractivity contribution is 8.02. The number of nitrogens with one attached hydrogen (secondary N) is 1. The van der Waals surface area contributed by atoms with Crippen molar-refractivity contribution in [2.75, 3.05) is 10.2 Å². The second kappa shape index (κ2) is 7.97. The molecule has 0 radical (unpaired) electrons. The minimum atomic E-state index is -0.346. The van der Waals surface area contributed by atoms with Gasteiger partial charge in [-0.05, 0) is 33.6 Å². The average molecular weight is 409 g/mol. The monoisotopic (exact) mass is 408 g/mol. The van der Waals surface area contributed by atoms with Crippen molar-refractivity contribution in [2.24, 2.45) is 7.05 Å². The van der Waals surface area contributed by atoms with Gasteiger partial charge in [0.1, 0.15) is 0 Å². The topological polar surface area (TPSA) is 93.0 Å². The average Bonchev–Trinajstić information content (AvgIpc) is 3.31. The smallest absolute Gasteiger partial charge is 0.237 e. The highest BCUT2D eigenvalue weighted by Crippen LogP contribution is 2.37. The Morgan fingerprint density at radius 2 is 2.07 bits per heavy atom. The number of aromatic nitrogens is 4. The third kappa shape index (κ3) is 4.32. The van der Waals surface area contributed by atoms with Gasteiger partial charge >= 0.3 is 0 Å². The standard InChI is InChI=1S/C17H24N6O2S2/c1-6-13(24)23(12-7-8-12)16-19-20-17(27-16)26-11(4)15(25)18-14-9(2)21-22(5)10(14)3/h11-12H,6-8H2,1-5H3,(H,18,25). The number of carbonyl (C=O) groups is 2. The molecule has 1 aliphatic rings. The van der Waals surface area contributed by atoms with Crippen LogP contribution in [0.2, 0.25) is 0 Å². The number of thioether (sulfide) groups is 1. The van der Waals surface area contributed by atoms with Crippen molar-refractivity contribution in [1.82, 2.24) is 20.0 Å². The molecule has 1 saturated carbocycles. The quantitative estimate of drug-likeness (QED) is 0.559. The van der Waals surface area contributed by atoms with E-state index in [4.69, 9.17) is 0 Å². The first-order chi connectivity index (χ1) is 12.8. The summed E-state index contributed by atoms with van der Waals surface area (Å²) < 4.78 is 2.43. The second-order valence-electron chi connectivity index (χ2n) is 6.62. The molecule has 2 aromatic heterocycles. The maximum absolute atomic E-state index is 12.6. The summed E-state index contributed by atoms with van der Waals surface area (Å²) in [7, 11) is 1.85. The lowest BCUT2D eigenvalue weighted by molar-refractivity contribution is -0.118. The van der Waals surface area contributed by atoms with Crippen molar-refractivity contribution < 1.29 is 9.59 Å². The first-order valence-electron chi connectivity index (χ1n) is 8.95. The van der Waals surface area contributed by atoms with Crippen LogP contribution in [0.1, 0.15) is 44.5 Å². The van der Waals surface area contributed by atoms with E-state index in [1.54, 1.807) is 9.58 Å². The molecule has 0 aliphatic heterocycles. The van der Waals surface area contributed by atoms with Gasteiger partial charge in [0.05, 0.1) is 22.3 Å². The van der Waals surface area contributed by atoms with Gasteiger partial charge in [-0.25, -0.2) is 0 Å². The van der Waals surface area contributed by atoms with Crippen LogP contribution in [0.15, 0.2) is 4.34 Å². The number of carbonyl (C=O) groups excluding carboxylic acids is 2. The molecule has 2 amide bonds. The summed E-state index contributed by atoms with van der Waals surface area (Å²) in [6, 6.07) is 0.250. The van der Waals surface area contributed by atoms with E-state index in [0.29, 0.717) is 15.9 Å². The molecule has 1 fully saturated rings. The summed E-state index contributed by atoms with van der Waals surface area (Å²) in [5.74, 6) is -0.0434. The Bertz CT molecular complexity index is 858. The van der Waals surface area contributed by atoms with Crippen LogP contribution >= 0.6 is 23.1 Å². The molecule has 8 nitrogen and oxygen atoms in total. The molecule has 2 aromatic rings. The Balaban J connectivity index is 1.65. The van der Waals surface area contributed by atoms with Crippen molar-refractivity contribution in [3.05, 3.63) is 11.4 Å². The summed E-state index contributed by atoms with van der Waals surface area (Å²) in [5, 5.41) is 15.9. The fraction of sp³-hybridized carbons (Fsp3) is 0.588. The lowest BCUT2D eigenvalue weighted by Gasteiger charge is -2.17. The van der Waals surface area contributed by atoms with Gasteiger partial charge in [-0.15, -0.1) is 10.2 Å². The molecule has 1 N–H and O–H groups in total. The first kappa shape index (κ1) is 19.8. The highest BCUT2D eigenvalue weighted by atomic mass is 32.2. The molecule has 2 heterocycles. The fourth-order valence-electron chi connectivity index (χ4n) is 2.70. The first-order valence-corrected chi connectivity index (χ1v) is 10.6. The van der Waals surface area contributed by atoms with E-state index in [-0.39, 0.29) is 23.1 Å². The summed E-state index contributed by atoms with van der Waals surface area (Å²) in [6.07, 6.45) is 2.47. The van der Waals surface area contributed by atoms with Crippen LogP contribution < -0.4 is 10.2 Å². The molecule has 0 bridgehead atoms. The van der Waals surface area contributed by atoms with Crippen molar-refractivity contribution in [1.29, 1.82) is 0 Å². The Labute approximate surface area is 166 Å². The zero-order valence-corrected chi connectivity index (χ0v) is 17.8. The van der Waals surface area contributed by atoms with Crippen LogP contribution in [0, 0.1) is 13.8 Å². The highest BCUT2D eigenvalue weighted by Gasteiger charge is 2.35. The van der Waals surface area contributed by atoms with E-state index in [2.05, 4.69) is 20.6 Å². The number of anilines is 2. The van der Waals surface area contributed by atoms with E-state index in [1.807, 2.05) is 34.7 Å². The Morgan fingerprint density at radius 1 is 1.37 bits per heavy atom. The van der Waals surface area contributed by atoms with Gasteiger partial charge in [0.15, 0.2) is 4.34 Å². The van der Waals surface area contributed by atoms with Gasteiger partial charge in [-0.2, -0.15) is 5.10 Å². The molecule has 1 unspecified atom stereocenters. The minimum absolute atomic E-state index is 0.0681. The number of hydrogen-bond acceptors (Lipinski definition) is 7. The molecule has 3 rings (SSSR count). The zero-order chi connectivity index (χ0) is 19.7. The number of aryl methyl sites for hydroxylation is 2. The van der Waals surface area contributed by atoms with E-state index in [0.717, 1.165) is 29.9 Å². The minimum Gasteiger partial charge on any atom is -0.322 e. The predicted molar refractivity (Wildman–Crippen MR) is 107 cm³/mol. The third-order valence-corrected chi connectivity index (χ3v) is 6.60. The van der Waals surface area contributed by atoms with Crippen LogP contribution in [0.4, 0.5) is 10.8 Å². The maximum Gasteiger partial charge on any atom is 0.237 e. The van der Waals surface area contributed by atoms with Crippen molar-refractivity contribution in [3.63, 3.8) is 0 Å². The Hall–Kier alpha value is -1.94.